The summed E-state index contributed by atoms with van der Waals surface area (Å²) in [6.07, 6.45) is 2.20. The summed E-state index contributed by atoms with van der Waals surface area (Å²) in [5.74, 6) is 0. The van der Waals surface area contributed by atoms with Crippen LogP contribution in [-0.4, -0.2) is 48.4 Å². The molecule has 0 aliphatic carbocycles. The van der Waals surface area contributed by atoms with Crippen molar-refractivity contribution in [3.05, 3.63) is 17.5 Å². The Morgan fingerprint density at radius 1 is 1.50 bits per heavy atom. The van der Waals surface area contributed by atoms with Gasteiger partial charge in [0, 0.05) is 25.2 Å². The Morgan fingerprint density at radius 2 is 2.19 bits per heavy atom. The van der Waals surface area contributed by atoms with E-state index in [1.807, 2.05) is 25.7 Å². The predicted molar refractivity (Wildman–Crippen MR) is 67.7 cm³/mol. The molecule has 1 unspecified atom stereocenters. The third kappa shape index (κ3) is 3.94. The van der Waals surface area contributed by atoms with Crippen molar-refractivity contribution >= 4 is 0 Å². The number of nitrogens with zero attached hydrogens (tertiary/aromatic N) is 3. The second kappa shape index (κ2) is 6.01. The summed E-state index contributed by atoms with van der Waals surface area (Å²) >= 11 is 0. The van der Waals surface area contributed by atoms with Crippen molar-refractivity contribution in [3.63, 3.8) is 0 Å². The summed E-state index contributed by atoms with van der Waals surface area (Å²) in [7, 11) is 8.27. The molecule has 1 rings (SSSR count). The van der Waals surface area contributed by atoms with E-state index in [0.29, 0.717) is 6.04 Å². The Hall–Kier alpha value is -0.870. The molecule has 92 valence electrons. The van der Waals surface area contributed by atoms with Gasteiger partial charge in [-0.1, -0.05) is 0 Å². The van der Waals surface area contributed by atoms with E-state index < -0.39 is 0 Å². The topological polar surface area (TPSA) is 33.1 Å². The van der Waals surface area contributed by atoms with Crippen LogP contribution in [0.2, 0.25) is 0 Å². The first-order valence-electron chi connectivity index (χ1n) is 5.84. The minimum absolute atomic E-state index is 0.525. The van der Waals surface area contributed by atoms with Crippen LogP contribution in [0.1, 0.15) is 17.8 Å². The number of rotatable bonds is 6. The Bertz CT molecular complexity index is 317. The van der Waals surface area contributed by atoms with E-state index in [4.69, 9.17) is 0 Å². The normalized spacial score (nSPS) is 13.4. The smallest absolute Gasteiger partial charge is 0.0596 e. The van der Waals surface area contributed by atoms with Crippen molar-refractivity contribution in [2.24, 2.45) is 7.05 Å². The van der Waals surface area contributed by atoms with E-state index in [0.717, 1.165) is 25.1 Å². The first-order valence-corrected chi connectivity index (χ1v) is 5.84. The van der Waals surface area contributed by atoms with Crippen LogP contribution in [0.5, 0.6) is 0 Å². The van der Waals surface area contributed by atoms with Crippen molar-refractivity contribution < 1.29 is 0 Å². The van der Waals surface area contributed by atoms with Crippen LogP contribution >= 0.6 is 0 Å². The van der Waals surface area contributed by atoms with Gasteiger partial charge in [-0.2, -0.15) is 5.10 Å². The molecule has 0 bridgehead atoms. The van der Waals surface area contributed by atoms with Gasteiger partial charge < -0.3 is 10.2 Å². The lowest BCUT2D eigenvalue weighted by Gasteiger charge is -2.18. The number of hydrogen-bond acceptors (Lipinski definition) is 3. The van der Waals surface area contributed by atoms with Gasteiger partial charge in [-0.15, -0.1) is 0 Å². The number of aromatic nitrogens is 2. The van der Waals surface area contributed by atoms with Gasteiger partial charge in [-0.05, 0) is 47.1 Å². The quantitative estimate of drug-likeness (QED) is 0.776. The van der Waals surface area contributed by atoms with Gasteiger partial charge in [0.15, 0.2) is 0 Å². The van der Waals surface area contributed by atoms with E-state index in [9.17, 15) is 0 Å². The molecule has 0 aromatic carbocycles. The van der Waals surface area contributed by atoms with E-state index >= 15 is 0 Å². The van der Waals surface area contributed by atoms with E-state index in [1.54, 1.807) is 0 Å². The average Bonchev–Trinajstić information content (AvgIpc) is 2.51. The first kappa shape index (κ1) is 13.2. The van der Waals surface area contributed by atoms with Gasteiger partial charge in [-0.25, -0.2) is 0 Å². The third-order valence-electron chi connectivity index (χ3n) is 2.89. The number of nitrogens with one attached hydrogen (secondary N) is 1. The fraction of sp³-hybridized carbons (Fsp3) is 0.750. The van der Waals surface area contributed by atoms with E-state index in [-0.39, 0.29) is 0 Å². The Labute approximate surface area is 98.6 Å². The number of aryl methyl sites for hydroxylation is 2. The third-order valence-corrected chi connectivity index (χ3v) is 2.89. The average molecular weight is 224 g/mol. The molecule has 4 heteroatoms. The fourth-order valence-corrected chi connectivity index (χ4v) is 1.87. The van der Waals surface area contributed by atoms with Crippen molar-refractivity contribution in [1.29, 1.82) is 0 Å². The lowest BCUT2D eigenvalue weighted by Crippen LogP contribution is -2.32. The summed E-state index contributed by atoms with van der Waals surface area (Å²) < 4.78 is 1.98. The SMILES string of the molecule is CNC(CCN(C)C)Cc1cc(C)nn1C. The molecule has 0 aliphatic heterocycles. The zero-order valence-electron chi connectivity index (χ0n) is 11.1. The molecule has 0 saturated heterocycles. The highest BCUT2D eigenvalue weighted by Crippen LogP contribution is 2.07. The maximum Gasteiger partial charge on any atom is 0.0596 e. The molecule has 0 saturated carbocycles. The maximum absolute atomic E-state index is 4.37. The molecular formula is C12H24N4. The largest absolute Gasteiger partial charge is 0.317 e. The Kier molecular flexibility index (Phi) is 4.96. The van der Waals surface area contributed by atoms with Gasteiger partial charge >= 0.3 is 0 Å². The van der Waals surface area contributed by atoms with Crippen LogP contribution in [0.4, 0.5) is 0 Å². The standard InChI is InChI=1S/C12H24N4/c1-10-8-12(16(5)14-10)9-11(13-2)6-7-15(3)4/h8,11,13H,6-7,9H2,1-5H3. The molecule has 1 aromatic rings. The van der Waals surface area contributed by atoms with Crippen LogP contribution in [-0.2, 0) is 13.5 Å². The lowest BCUT2D eigenvalue weighted by atomic mass is 10.1. The van der Waals surface area contributed by atoms with Crippen LogP contribution in [0, 0.1) is 6.92 Å². The molecule has 1 aromatic heterocycles. The van der Waals surface area contributed by atoms with E-state index in [2.05, 4.69) is 35.5 Å². The molecule has 0 spiro atoms. The summed E-state index contributed by atoms with van der Waals surface area (Å²) in [6, 6.07) is 2.69. The minimum atomic E-state index is 0.525. The summed E-state index contributed by atoms with van der Waals surface area (Å²) in [6.45, 7) is 3.15. The van der Waals surface area contributed by atoms with Gasteiger partial charge in [0.1, 0.15) is 0 Å². The lowest BCUT2D eigenvalue weighted by molar-refractivity contribution is 0.362. The van der Waals surface area contributed by atoms with Crippen LogP contribution in [0.15, 0.2) is 6.07 Å². The molecule has 16 heavy (non-hydrogen) atoms. The summed E-state index contributed by atoms with van der Waals surface area (Å²) in [5, 5.41) is 7.75. The van der Waals surface area contributed by atoms with Crippen molar-refractivity contribution in [3.8, 4) is 0 Å². The monoisotopic (exact) mass is 224 g/mol. The summed E-state index contributed by atoms with van der Waals surface area (Å²) in [4.78, 5) is 2.22. The Balaban J connectivity index is 2.52. The van der Waals surface area contributed by atoms with Crippen molar-refractivity contribution in [1.82, 2.24) is 20.0 Å². The minimum Gasteiger partial charge on any atom is -0.317 e. The van der Waals surface area contributed by atoms with Crippen molar-refractivity contribution in [2.45, 2.75) is 25.8 Å². The highest BCUT2D eigenvalue weighted by Gasteiger charge is 2.10. The molecule has 0 fully saturated rings. The van der Waals surface area contributed by atoms with Crippen LogP contribution < -0.4 is 5.32 Å². The number of likely N-dealkylation sites (N-methyl/N-ethyl adjacent to an activating group) is 1. The van der Waals surface area contributed by atoms with Gasteiger partial charge in [0.2, 0.25) is 0 Å². The number of hydrogen-bond donors (Lipinski definition) is 1. The first-order chi connectivity index (χ1) is 7.52. The molecule has 1 atom stereocenters. The zero-order valence-corrected chi connectivity index (χ0v) is 11.1. The van der Waals surface area contributed by atoms with Gasteiger partial charge in [-0.3, -0.25) is 4.68 Å². The van der Waals surface area contributed by atoms with Gasteiger partial charge in [0.25, 0.3) is 0 Å². The van der Waals surface area contributed by atoms with E-state index in [1.165, 1.54) is 5.69 Å². The second-order valence-corrected chi connectivity index (χ2v) is 4.68. The highest BCUT2D eigenvalue weighted by molar-refractivity contribution is 5.10. The molecular weight excluding hydrogens is 200 g/mol. The zero-order chi connectivity index (χ0) is 12.1. The van der Waals surface area contributed by atoms with Crippen LogP contribution in [0.3, 0.4) is 0 Å². The molecule has 0 aliphatic rings. The summed E-state index contributed by atoms with van der Waals surface area (Å²) in [5.41, 5.74) is 2.40. The van der Waals surface area contributed by atoms with Gasteiger partial charge in [0.05, 0.1) is 5.69 Å². The molecule has 4 nitrogen and oxygen atoms in total. The molecule has 1 heterocycles. The Morgan fingerprint density at radius 3 is 2.62 bits per heavy atom. The molecule has 0 amide bonds. The second-order valence-electron chi connectivity index (χ2n) is 4.68. The molecule has 0 radical (unpaired) electrons. The van der Waals surface area contributed by atoms with Crippen LogP contribution in [0.25, 0.3) is 0 Å². The molecule has 1 N–H and O–H groups in total. The van der Waals surface area contributed by atoms with Crippen molar-refractivity contribution in [2.75, 3.05) is 27.7 Å². The highest BCUT2D eigenvalue weighted by atomic mass is 15.3. The maximum atomic E-state index is 4.37. The fourth-order valence-electron chi connectivity index (χ4n) is 1.87. The predicted octanol–water partition coefficient (Wildman–Crippen LogP) is 0.811.